The van der Waals surface area contributed by atoms with Crippen molar-refractivity contribution in [3.8, 4) is 11.4 Å². The molecule has 0 spiro atoms. The molecule has 3 aromatic rings. The van der Waals surface area contributed by atoms with E-state index in [2.05, 4.69) is 32.2 Å². The van der Waals surface area contributed by atoms with Gasteiger partial charge in [-0.3, -0.25) is 4.40 Å². The summed E-state index contributed by atoms with van der Waals surface area (Å²) < 4.78 is 2.98. The Kier molecular flexibility index (Phi) is 2.56. The van der Waals surface area contributed by atoms with Gasteiger partial charge in [0.2, 0.25) is 0 Å². The molecule has 0 aliphatic carbocycles. The topological polar surface area (TPSA) is 56.2 Å². The molecule has 0 unspecified atom stereocenters. The molecule has 90 valence electrons. The number of benzene rings is 1. The Hall–Kier alpha value is -1.88. The molecule has 0 saturated carbocycles. The largest absolute Gasteiger partial charge is 0.398 e. The number of anilines is 1. The Balaban J connectivity index is 2.24. The minimum Gasteiger partial charge on any atom is -0.398 e. The van der Waals surface area contributed by atoms with Crippen molar-refractivity contribution in [2.45, 2.75) is 6.92 Å². The highest BCUT2D eigenvalue weighted by molar-refractivity contribution is 9.10. The molecule has 2 N–H and O–H groups in total. The van der Waals surface area contributed by atoms with Crippen molar-refractivity contribution in [1.82, 2.24) is 14.6 Å². The number of pyridine rings is 1. The predicted molar refractivity (Wildman–Crippen MR) is 75.3 cm³/mol. The molecule has 0 atom stereocenters. The highest BCUT2D eigenvalue weighted by Crippen LogP contribution is 2.24. The van der Waals surface area contributed by atoms with Gasteiger partial charge >= 0.3 is 0 Å². The van der Waals surface area contributed by atoms with E-state index in [1.807, 2.05) is 41.8 Å². The molecule has 0 aliphatic rings. The van der Waals surface area contributed by atoms with Gasteiger partial charge in [0.15, 0.2) is 11.5 Å². The molecule has 0 fully saturated rings. The first-order valence-electron chi connectivity index (χ1n) is 5.52. The van der Waals surface area contributed by atoms with Gasteiger partial charge in [-0.15, -0.1) is 10.2 Å². The van der Waals surface area contributed by atoms with Gasteiger partial charge in [-0.05, 0) is 36.8 Å². The van der Waals surface area contributed by atoms with Crippen LogP contribution < -0.4 is 5.73 Å². The maximum absolute atomic E-state index is 5.80. The highest BCUT2D eigenvalue weighted by atomic mass is 79.9. The standard InChI is InChI=1S/C13H11BrN4/c1-8-6-9(2-4-11(8)14)13-17-16-12-5-3-10(15)7-18(12)13/h2-7H,15H2,1H3. The van der Waals surface area contributed by atoms with Crippen LogP contribution in [0.4, 0.5) is 5.69 Å². The van der Waals surface area contributed by atoms with Gasteiger partial charge in [0.1, 0.15) is 0 Å². The lowest BCUT2D eigenvalue weighted by molar-refractivity contribution is 1.11. The summed E-state index contributed by atoms with van der Waals surface area (Å²) in [5, 5.41) is 8.35. The summed E-state index contributed by atoms with van der Waals surface area (Å²) in [6, 6.07) is 9.77. The summed E-state index contributed by atoms with van der Waals surface area (Å²) >= 11 is 3.49. The van der Waals surface area contributed by atoms with E-state index >= 15 is 0 Å². The summed E-state index contributed by atoms with van der Waals surface area (Å²) in [6.07, 6.45) is 1.84. The second kappa shape index (κ2) is 4.10. The zero-order chi connectivity index (χ0) is 12.7. The predicted octanol–water partition coefficient (Wildman–Crippen LogP) is 3.05. The molecular formula is C13H11BrN4. The van der Waals surface area contributed by atoms with Crippen molar-refractivity contribution in [2.24, 2.45) is 0 Å². The Morgan fingerprint density at radius 1 is 1.17 bits per heavy atom. The Bertz CT molecular complexity index is 733. The Morgan fingerprint density at radius 2 is 2.00 bits per heavy atom. The van der Waals surface area contributed by atoms with Crippen molar-refractivity contribution in [1.29, 1.82) is 0 Å². The fraction of sp³-hybridized carbons (Fsp3) is 0.0769. The molecule has 18 heavy (non-hydrogen) atoms. The second-order valence-corrected chi connectivity index (χ2v) is 5.03. The molecule has 0 aliphatic heterocycles. The van der Waals surface area contributed by atoms with E-state index < -0.39 is 0 Å². The van der Waals surface area contributed by atoms with Crippen LogP contribution in [0.5, 0.6) is 0 Å². The molecule has 2 heterocycles. The second-order valence-electron chi connectivity index (χ2n) is 4.18. The van der Waals surface area contributed by atoms with Crippen molar-refractivity contribution < 1.29 is 0 Å². The molecule has 0 radical (unpaired) electrons. The third-order valence-corrected chi connectivity index (χ3v) is 3.73. The molecule has 1 aromatic carbocycles. The van der Waals surface area contributed by atoms with E-state index in [1.54, 1.807) is 0 Å². The summed E-state index contributed by atoms with van der Waals surface area (Å²) in [5.41, 5.74) is 9.47. The van der Waals surface area contributed by atoms with Gasteiger partial charge < -0.3 is 5.73 Å². The summed E-state index contributed by atoms with van der Waals surface area (Å²) in [6.45, 7) is 2.05. The quantitative estimate of drug-likeness (QED) is 0.751. The number of fused-ring (bicyclic) bond motifs is 1. The normalized spacial score (nSPS) is 11.0. The van der Waals surface area contributed by atoms with Crippen molar-refractivity contribution in [2.75, 3.05) is 5.73 Å². The number of nitrogens with two attached hydrogens (primary N) is 1. The van der Waals surface area contributed by atoms with Gasteiger partial charge in [0.25, 0.3) is 0 Å². The van der Waals surface area contributed by atoms with E-state index in [0.717, 1.165) is 27.1 Å². The van der Waals surface area contributed by atoms with Gasteiger partial charge in [0, 0.05) is 21.9 Å². The maximum atomic E-state index is 5.80. The summed E-state index contributed by atoms with van der Waals surface area (Å²) in [5.74, 6) is 0.799. The van der Waals surface area contributed by atoms with Crippen LogP contribution in [0.15, 0.2) is 41.0 Å². The molecule has 5 heteroatoms. The Morgan fingerprint density at radius 3 is 2.78 bits per heavy atom. The Labute approximate surface area is 113 Å². The third kappa shape index (κ3) is 1.76. The lowest BCUT2D eigenvalue weighted by atomic mass is 10.1. The lowest BCUT2D eigenvalue weighted by Crippen LogP contribution is -1.93. The van der Waals surface area contributed by atoms with E-state index in [1.165, 1.54) is 0 Å². The van der Waals surface area contributed by atoms with Gasteiger partial charge in [-0.1, -0.05) is 22.0 Å². The molecule has 0 amide bonds. The highest BCUT2D eigenvalue weighted by Gasteiger charge is 2.09. The number of nitrogens with zero attached hydrogens (tertiary/aromatic N) is 3. The van der Waals surface area contributed by atoms with Crippen LogP contribution in [-0.4, -0.2) is 14.6 Å². The number of aryl methyl sites for hydroxylation is 1. The summed E-state index contributed by atoms with van der Waals surface area (Å²) in [4.78, 5) is 0. The van der Waals surface area contributed by atoms with Gasteiger partial charge in [-0.2, -0.15) is 0 Å². The molecule has 4 nitrogen and oxygen atoms in total. The van der Waals surface area contributed by atoms with Gasteiger partial charge in [-0.25, -0.2) is 0 Å². The third-order valence-electron chi connectivity index (χ3n) is 2.84. The van der Waals surface area contributed by atoms with Crippen molar-refractivity contribution in [3.05, 3.63) is 46.6 Å². The fourth-order valence-corrected chi connectivity index (χ4v) is 2.13. The molecular weight excluding hydrogens is 292 g/mol. The molecule has 0 saturated heterocycles. The average molecular weight is 303 g/mol. The number of hydrogen-bond donors (Lipinski definition) is 1. The van der Waals surface area contributed by atoms with E-state index in [0.29, 0.717) is 5.69 Å². The number of nitrogen functional groups attached to an aromatic ring is 1. The lowest BCUT2D eigenvalue weighted by Gasteiger charge is -2.03. The molecule has 3 rings (SSSR count). The van der Waals surface area contributed by atoms with Crippen molar-refractivity contribution in [3.63, 3.8) is 0 Å². The smallest absolute Gasteiger partial charge is 0.168 e. The van der Waals surface area contributed by atoms with E-state index in [9.17, 15) is 0 Å². The number of halogens is 1. The molecule has 2 aromatic heterocycles. The molecule has 0 bridgehead atoms. The average Bonchev–Trinajstić information content (AvgIpc) is 2.75. The first kappa shape index (κ1) is 11.2. The number of hydrogen-bond acceptors (Lipinski definition) is 3. The number of aromatic nitrogens is 3. The van der Waals surface area contributed by atoms with Crippen LogP contribution in [-0.2, 0) is 0 Å². The zero-order valence-corrected chi connectivity index (χ0v) is 11.3. The van der Waals surface area contributed by atoms with Crippen molar-refractivity contribution >= 4 is 27.3 Å². The number of rotatable bonds is 1. The summed E-state index contributed by atoms with van der Waals surface area (Å²) in [7, 11) is 0. The van der Waals surface area contributed by atoms with E-state index in [4.69, 9.17) is 5.73 Å². The first-order chi connectivity index (χ1) is 8.65. The first-order valence-corrected chi connectivity index (χ1v) is 6.31. The van der Waals surface area contributed by atoms with Crippen LogP contribution in [0.25, 0.3) is 17.0 Å². The SMILES string of the molecule is Cc1cc(-c2nnc3ccc(N)cn23)ccc1Br. The van der Waals surface area contributed by atoms with E-state index in [-0.39, 0.29) is 0 Å². The minimum absolute atomic E-state index is 0.692. The van der Waals surface area contributed by atoms with Crippen LogP contribution in [0.1, 0.15) is 5.56 Å². The fourth-order valence-electron chi connectivity index (χ4n) is 1.89. The van der Waals surface area contributed by atoms with Crippen LogP contribution in [0.2, 0.25) is 0 Å². The minimum atomic E-state index is 0.692. The van der Waals surface area contributed by atoms with Crippen LogP contribution >= 0.6 is 15.9 Å². The van der Waals surface area contributed by atoms with Crippen LogP contribution in [0.3, 0.4) is 0 Å². The van der Waals surface area contributed by atoms with Gasteiger partial charge in [0.05, 0.1) is 0 Å². The maximum Gasteiger partial charge on any atom is 0.168 e. The zero-order valence-electron chi connectivity index (χ0n) is 9.76. The monoisotopic (exact) mass is 302 g/mol. The van der Waals surface area contributed by atoms with Crippen LogP contribution in [0, 0.1) is 6.92 Å².